The summed E-state index contributed by atoms with van der Waals surface area (Å²) in [6.45, 7) is 6.03. The molecule has 10 heteroatoms. The van der Waals surface area contributed by atoms with Gasteiger partial charge in [0.15, 0.2) is 5.76 Å². The topological polar surface area (TPSA) is 129 Å². The van der Waals surface area contributed by atoms with E-state index in [1.807, 2.05) is 50.5 Å². The average molecular weight is 485 g/mol. The first-order valence-electron chi connectivity index (χ1n) is 11.2. The Labute approximate surface area is 201 Å². The number of aromatic nitrogens is 2. The third kappa shape index (κ3) is 4.97. The molecular weight excluding hydrogens is 456 g/mol. The Bertz CT molecular complexity index is 1160. The van der Waals surface area contributed by atoms with E-state index in [0.29, 0.717) is 6.54 Å². The molecule has 3 aromatic rings. The summed E-state index contributed by atoms with van der Waals surface area (Å²) in [5, 5.41) is 26.1. The fraction of sp³-hybridized carbons (Fsp3) is 0.417. The molecule has 4 rings (SSSR count). The van der Waals surface area contributed by atoms with E-state index in [4.69, 9.17) is 4.52 Å². The van der Waals surface area contributed by atoms with Crippen molar-refractivity contribution in [2.75, 3.05) is 6.54 Å². The number of likely N-dealkylation sites (tertiary alicyclic amines) is 1. The van der Waals surface area contributed by atoms with Crippen LogP contribution in [-0.2, 0) is 16.1 Å². The number of aliphatic hydroxyl groups excluding tert-OH is 1. The number of carbonyl (C=O) groups is 2. The lowest BCUT2D eigenvalue weighted by Gasteiger charge is -2.28. The number of nitrogens with zero attached hydrogens (tertiary/aromatic N) is 3. The average Bonchev–Trinajstić information content (AvgIpc) is 3.52. The summed E-state index contributed by atoms with van der Waals surface area (Å²) in [6.07, 6.45) is -0.634. The molecule has 0 bridgehead atoms. The quantitative estimate of drug-likeness (QED) is 0.470. The lowest BCUT2D eigenvalue weighted by atomic mass is 9.91. The number of hydrogen-bond donors (Lipinski definition) is 3. The Kier molecular flexibility index (Phi) is 6.99. The van der Waals surface area contributed by atoms with Gasteiger partial charge >= 0.3 is 0 Å². The predicted molar refractivity (Wildman–Crippen MR) is 126 cm³/mol. The highest BCUT2D eigenvalue weighted by molar-refractivity contribution is 7.13. The monoisotopic (exact) mass is 484 g/mol. The van der Waals surface area contributed by atoms with E-state index in [0.717, 1.165) is 21.7 Å². The largest absolute Gasteiger partial charge is 0.491 e. The molecule has 1 saturated heterocycles. The second-order valence-electron chi connectivity index (χ2n) is 8.89. The van der Waals surface area contributed by atoms with Crippen LogP contribution in [0, 0.1) is 12.8 Å². The van der Waals surface area contributed by atoms with Crippen molar-refractivity contribution in [1.29, 1.82) is 0 Å². The van der Waals surface area contributed by atoms with Crippen molar-refractivity contribution in [3.63, 3.8) is 0 Å². The molecule has 1 aliphatic heterocycles. The van der Waals surface area contributed by atoms with Gasteiger partial charge in [-0.15, -0.1) is 11.3 Å². The SMILES string of the molecule is Cc1ncsc1-c1ccc(CNC(=O)[C@H]2C[C@@H](O)CN2C(=O)C(c2cc(O)no2)C(C)C)cc1. The fourth-order valence-electron chi connectivity index (χ4n) is 4.31. The molecular formula is C24H28N4O5S. The summed E-state index contributed by atoms with van der Waals surface area (Å²) in [7, 11) is 0. The summed E-state index contributed by atoms with van der Waals surface area (Å²) in [5.74, 6) is -1.63. The maximum atomic E-state index is 13.4. The molecule has 0 spiro atoms. The summed E-state index contributed by atoms with van der Waals surface area (Å²) < 4.78 is 5.13. The molecule has 9 nitrogen and oxygen atoms in total. The highest BCUT2D eigenvalue weighted by Gasteiger charge is 2.43. The van der Waals surface area contributed by atoms with Gasteiger partial charge in [-0.05, 0) is 29.1 Å². The van der Waals surface area contributed by atoms with Gasteiger partial charge in [0.05, 0.1) is 22.2 Å². The summed E-state index contributed by atoms with van der Waals surface area (Å²) in [5.41, 5.74) is 4.80. The molecule has 1 aromatic carbocycles. The first kappa shape index (κ1) is 23.9. The Balaban J connectivity index is 1.43. The van der Waals surface area contributed by atoms with Crippen LogP contribution in [0.3, 0.4) is 0 Å². The molecule has 1 unspecified atom stereocenters. The number of amides is 2. The normalized spacial score (nSPS) is 18.9. The standard InChI is InChI=1S/C24H28N4O5S/c1-13(2)21(19-9-20(30)27-33-19)24(32)28-11-17(29)8-18(28)23(31)25-10-15-4-6-16(7-5-15)22-14(3)26-12-34-22/h4-7,9,12-13,17-18,21,29H,8,10-11H2,1-3H3,(H,25,31)(H,27,30)/t17-,18-,21?/m1/s1. The van der Waals surface area contributed by atoms with Crippen molar-refractivity contribution in [3.05, 3.63) is 52.9 Å². The number of benzene rings is 1. The van der Waals surface area contributed by atoms with Crippen molar-refractivity contribution in [2.45, 2.75) is 51.8 Å². The Hall–Kier alpha value is -3.24. The summed E-state index contributed by atoms with van der Waals surface area (Å²) in [6, 6.07) is 8.41. The zero-order valence-electron chi connectivity index (χ0n) is 19.3. The number of aromatic hydroxyl groups is 1. The second-order valence-corrected chi connectivity index (χ2v) is 9.74. The molecule has 0 radical (unpaired) electrons. The van der Waals surface area contributed by atoms with E-state index in [2.05, 4.69) is 15.5 Å². The van der Waals surface area contributed by atoms with E-state index in [1.54, 1.807) is 11.3 Å². The maximum Gasteiger partial charge on any atom is 0.251 e. The minimum atomic E-state index is -0.794. The zero-order chi connectivity index (χ0) is 24.4. The van der Waals surface area contributed by atoms with E-state index in [1.165, 1.54) is 11.0 Å². The first-order chi connectivity index (χ1) is 16.2. The maximum absolute atomic E-state index is 13.4. The van der Waals surface area contributed by atoms with Gasteiger partial charge in [-0.1, -0.05) is 38.1 Å². The van der Waals surface area contributed by atoms with Crippen LogP contribution in [0.1, 0.15) is 43.2 Å². The third-order valence-corrected chi connectivity index (χ3v) is 7.03. The van der Waals surface area contributed by atoms with Crippen molar-refractivity contribution in [3.8, 4) is 16.3 Å². The number of aliphatic hydroxyl groups is 1. The molecule has 3 atom stereocenters. The minimum absolute atomic E-state index is 0.0587. The van der Waals surface area contributed by atoms with Gasteiger partial charge in [0, 0.05) is 25.6 Å². The zero-order valence-corrected chi connectivity index (χ0v) is 20.1. The van der Waals surface area contributed by atoms with Gasteiger partial charge < -0.3 is 25.0 Å². The third-order valence-electron chi connectivity index (χ3n) is 6.05. The van der Waals surface area contributed by atoms with Gasteiger partial charge in [-0.3, -0.25) is 9.59 Å². The predicted octanol–water partition coefficient (Wildman–Crippen LogP) is 2.83. The Morgan fingerprint density at radius 3 is 2.62 bits per heavy atom. The lowest BCUT2D eigenvalue weighted by molar-refractivity contribution is -0.141. The minimum Gasteiger partial charge on any atom is -0.491 e. The smallest absolute Gasteiger partial charge is 0.251 e. The van der Waals surface area contributed by atoms with E-state index in [-0.39, 0.29) is 42.3 Å². The molecule has 0 aliphatic carbocycles. The van der Waals surface area contributed by atoms with Crippen LogP contribution in [0.5, 0.6) is 5.88 Å². The van der Waals surface area contributed by atoms with Gasteiger partial charge in [0.2, 0.25) is 11.8 Å². The van der Waals surface area contributed by atoms with Crippen molar-refractivity contribution in [1.82, 2.24) is 20.4 Å². The van der Waals surface area contributed by atoms with E-state index in [9.17, 15) is 19.8 Å². The summed E-state index contributed by atoms with van der Waals surface area (Å²) in [4.78, 5) is 33.2. The van der Waals surface area contributed by atoms with Crippen LogP contribution in [0.2, 0.25) is 0 Å². The number of hydrogen-bond acceptors (Lipinski definition) is 8. The van der Waals surface area contributed by atoms with Gasteiger partial charge in [-0.25, -0.2) is 4.98 Å². The number of aryl methyl sites for hydroxylation is 1. The molecule has 34 heavy (non-hydrogen) atoms. The molecule has 3 N–H and O–H groups in total. The van der Waals surface area contributed by atoms with Crippen molar-refractivity contribution >= 4 is 23.2 Å². The van der Waals surface area contributed by atoms with Gasteiger partial charge in [0.25, 0.3) is 5.88 Å². The Morgan fingerprint density at radius 1 is 1.29 bits per heavy atom. The molecule has 180 valence electrons. The fourth-order valence-corrected chi connectivity index (χ4v) is 5.12. The number of carbonyl (C=O) groups excluding carboxylic acids is 2. The second kappa shape index (κ2) is 9.94. The number of β-amino-alcohol motifs (C(OH)–C–C–N with tert-alkyl or cyclic N) is 1. The molecule has 2 aromatic heterocycles. The molecule has 0 saturated carbocycles. The van der Waals surface area contributed by atoms with Gasteiger partial charge in [-0.2, -0.15) is 0 Å². The van der Waals surface area contributed by atoms with Gasteiger partial charge in [0.1, 0.15) is 12.0 Å². The van der Waals surface area contributed by atoms with Crippen LogP contribution in [0.4, 0.5) is 0 Å². The summed E-state index contributed by atoms with van der Waals surface area (Å²) >= 11 is 1.58. The Morgan fingerprint density at radius 2 is 2.03 bits per heavy atom. The molecule has 3 heterocycles. The molecule has 1 aliphatic rings. The van der Waals surface area contributed by atoms with Crippen LogP contribution in [0.15, 0.2) is 40.4 Å². The number of rotatable bonds is 7. The van der Waals surface area contributed by atoms with Crippen LogP contribution < -0.4 is 5.32 Å². The molecule has 1 fully saturated rings. The highest BCUT2D eigenvalue weighted by atomic mass is 32.1. The van der Waals surface area contributed by atoms with Crippen molar-refractivity contribution < 1.29 is 24.3 Å². The van der Waals surface area contributed by atoms with Crippen LogP contribution in [0.25, 0.3) is 10.4 Å². The highest BCUT2D eigenvalue weighted by Crippen LogP contribution is 2.32. The van der Waals surface area contributed by atoms with Crippen LogP contribution >= 0.6 is 11.3 Å². The lowest BCUT2D eigenvalue weighted by Crippen LogP contribution is -2.48. The van der Waals surface area contributed by atoms with E-state index >= 15 is 0 Å². The first-order valence-corrected chi connectivity index (χ1v) is 12.0. The van der Waals surface area contributed by atoms with Crippen molar-refractivity contribution in [2.24, 2.45) is 5.92 Å². The molecule has 2 amide bonds. The van der Waals surface area contributed by atoms with E-state index < -0.39 is 18.1 Å². The van der Waals surface area contributed by atoms with Crippen LogP contribution in [-0.4, -0.2) is 55.8 Å². The number of thiazole rings is 1. The number of nitrogens with one attached hydrogen (secondary N) is 1.